The molecule has 2 aromatic carbocycles. The molecular weight excluding hydrogens is 355 g/mol. The van der Waals surface area contributed by atoms with Gasteiger partial charge in [-0.2, -0.15) is 0 Å². The van der Waals surface area contributed by atoms with Gasteiger partial charge in [0.25, 0.3) is 5.91 Å². The first-order chi connectivity index (χ1) is 12.4. The van der Waals surface area contributed by atoms with Gasteiger partial charge in [0.1, 0.15) is 11.5 Å². The number of carbonyl (C=O) groups excluding carboxylic acids is 1. The van der Waals surface area contributed by atoms with Crippen LogP contribution in [0.2, 0.25) is 5.02 Å². The smallest absolute Gasteiger partial charge is 0.274 e. The van der Waals surface area contributed by atoms with Crippen molar-refractivity contribution in [2.45, 2.75) is 13.8 Å². The number of aryl methyl sites for hydroxylation is 2. The number of rotatable bonds is 4. The Balaban J connectivity index is 1.85. The van der Waals surface area contributed by atoms with E-state index in [-0.39, 0.29) is 17.3 Å². The van der Waals surface area contributed by atoms with Crippen LogP contribution in [0, 0.1) is 19.7 Å². The summed E-state index contributed by atoms with van der Waals surface area (Å²) in [5.74, 6) is -0.757. The lowest BCUT2D eigenvalue weighted by Crippen LogP contribution is -2.16. The number of anilines is 3. The summed E-state index contributed by atoms with van der Waals surface area (Å²) in [5, 5.41) is 6.22. The second-order valence-corrected chi connectivity index (χ2v) is 6.17. The first kappa shape index (κ1) is 17.8. The van der Waals surface area contributed by atoms with E-state index in [1.54, 1.807) is 25.1 Å². The SMILES string of the molecule is Cc1cc(C(=O)Nc2ccccc2F)nc(Nc2ccc(Cl)cc2C)n1. The lowest BCUT2D eigenvalue weighted by Gasteiger charge is -2.11. The zero-order valence-electron chi connectivity index (χ0n) is 14.2. The van der Waals surface area contributed by atoms with Crippen molar-refractivity contribution < 1.29 is 9.18 Å². The standard InChI is InChI=1S/C19H16ClFN4O/c1-11-9-13(20)7-8-15(11)24-19-22-12(2)10-17(25-19)18(26)23-16-6-4-3-5-14(16)21/h3-10H,1-2H3,(H,23,26)(H,22,24,25). The Bertz CT molecular complexity index is 978. The second kappa shape index (κ2) is 7.49. The number of hydrogen-bond donors (Lipinski definition) is 2. The first-order valence-corrected chi connectivity index (χ1v) is 8.25. The molecule has 0 atom stereocenters. The van der Waals surface area contributed by atoms with Crippen LogP contribution in [-0.4, -0.2) is 15.9 Å². The number of benzene rings is 2. The third kappa shape index (κ3) is 4.15. The molecule has 7 heteroatoms. The van der Waals surface area contributed by atoms with E-state index in [2.05, 4.69) is 20.6 Å². The summed E-state index contributed by atoms with van der Waals surface area (Å²) in [6.45, 7) is 3.65. The molecule has 0 aliphatic heterocycles. The molecule has 26 heavy (non-hydrogen) atoms. The summed E-state index contributed by atoms with van der Waals surface area (Å²) in [6, 6.07) is 12.9. The number of nitrogens with one attached hydrogen (secondary N) is 2. The summed E-state index contributed by atoms with van der Waals surface area (Å²) in [6.07, 6.45) is 0. The van der Waals surface area contributed by atoms with Crippen LogP contribution in [0.5, 0.6) is 0 Å². The highest BCUT2D eigenvalue weighted by Gasteiger charge is 2.13. The lowest BCUT2D eigenvalue weighted by atomic mass is 10.2. The fraction of sp³-hybridized carbons (Fsp3) is 0.105. The Morgan fingerprint density at radius 1 is 1.04 bits per heavy atom. The van der Waals surface area contributed by atoms with E-state index in [0.717, 1.165) is 11.3 Å². The van der Waals surface area contributed by atoms with Crippen molar-refractivity contribution in [1.82, 2.24) is 9.97 Å². The molecule has 0 radical (unpaired) electrons. The van der Waals surface area contributed by atoms with Crippen LogP contribution < -0.4 is 10.6 Å². The second-order valence-electron chi connectivity index (χ2n) is 5.74. The molecular formula is C19H16ClFN4O. The Morgan fingerprint density at radius 3 is 2.54 bits per heavy atom. The van der Waals surface area contributed by atoms with Crippen LogP contribution in [0.4, 0.5) is 21.7 Å². The maximum absolute atomic E-state index is 13.7. The van der Waals surface area contributed by atoms with Crippen molar-refractivity contribution in [3.05, 3.63) is 76.3 Å². The molecule has 1 heterocycles. The van der Waals surface area contributed by atoms with Crippen molar-refractivity contribution in [3.8, 4) is 0 Å². The largest absolute Gasteiger partial charge is 0.324 e. The third-order valence-corrected chi connectivity index (χ3v) is 3.88. The Kier molecular flexibility index (Phi) is 5.14. The maximum Gasteiger partial charge on any atom is 0.274 e. The average molecular weight is 371 g/mol. The van der Waals surface area contributed by atoms with Crippen LogP contribution in [0.3, 0.4) is 0 Å². The van der Waals surface area contributed by atoms with Gasteiger partial charge in [-0.25, -0.2) is 14.4 Å². The van der Waals surface area contributed by atoms with Gasteiger partial charge in [0.2, 0.25) is 5.95 Å². The highest BCUT2D eigenvalue weighted by molar-refractivity contribution is 6.30. The number of halogens is 2. The van der Waals surface area contributed by atoms with Crippen LogP contribution in [0.25, 0.3) is 0 Å². The van der Waals surface area contributed by atoms with Gasteiger partial charge in [0.05, 0.1) is 5.69 Å². The van der Waals surface area contributed by atoms with Gasteiger partial charge in [0.15, 0.2) is 0 Å². The van der Waals surface area contributed by atoms with E-state index >= 15 is 0 Å². The van der Waals surface area contributed by atoms with E-state index in [4.69, 9.17) is 11.6 Å². The maximum atomic E-state index is 13.7. The number of nitrogens with zero attached hydrogens (tertiary/aromatic N) is 2. The van der Waals surface area contributed by atoms with Crippen molar-refractivity contribution in [3.63, 3.8) is 0 Å². The van der Waals surface area contributed by atoms with Crippen LogP contribution in [0.15, 0.2) is 48.5 Å². The van der Waals surface area contributed by atoms with Crippen LogP contribution in [-0.2, 0) is 0 Å². The highest BCUT2D eigenvalue weighted by atomic mass is 35.5. The summed E-state index contributed by atoms with van der Waals surface area (Å²) < 4.78 is 13.7. The Morgan fingerprint density at radius 2 is 1.81 bits per heavy atom. The molecule has 0 saturated carbocycles. The van der Waals surface area contributed by atoms with Gasteiger partial charge in [-0.05, 0) is 55.8 Å². The molecule has 5 nitrogen and oxygen atoms in total. The van der Waals surface area contributed by atoms with Crippen molar-refractivity contribution in [1.29, 1.82) is 0 Å². The summed E-state index contributed by atoms with van der Waals surface area (Å²) in [4.78, 5) is 20.9. The van der Waals surface area contributed by atoms with Crippen LogP contribution in [0.1, 0.15) is 21.7 Å². The topological polar surface area (TPSA) is 66.9 Å². The third-order valence-electron chi connectivity index (χ3n) is 3.64. The Labute approximate surface area is 155 Å². The quantitative estimate of drug-likeness (QED) is 0.686. The van der Waals surface area contributed by atoms with Crippen molar-refractivity contribution in [2.75, 3.05) is 10.6 Å². The number of hydrogen-bond acceptors (Lipinski definition) is 4. The molecule has 0 spiro atoms. The van der Waals surface area contributed by atoms with Gasteiger partial charge in [0, 0.05) is 16.4 Å². The van der Waals surface area contributed by atoms with Crippen molar-refractivity contribution in [2.24, 2.45) is 0 Å². The zero-order chi connectivity index (χ0) is 18.7. The number of carbonyl (C=O) groups is 1. The molecule has 0 fully saturated rings. The highest BCUT2D eigenvalue weighted by Crippen LogP contribution is 2.22. The minimum absolute atomic E-state index is 0.0943. The molecule has 1 amide bonds. The van der Waals surface area contributed by atoms with Gasteiger partial charge in [-0.15, -0.1) is 0 Å². The van der Waals surface area contributed by atoms with E-state index < -0.39 is 11.7 Å². The molecule has 0 aliphatic rings. The van der Waals surface area contributed by atoms with E-state index in [0.29, 0.717) is 10.7 Å². The van der Waals surface area contributed by atoms with Gasteiger partial charge in [-0.3, -0.25) is 4.79 Å². The van der Waals surface area contributed by atoms with Gasteiger partial charge < -0.3 is 10.6 Å². The van der Waals surface area contributed by atoms with E-state index in [9.17, 15) is 9.18 Å². The molecule has 0 saturated heterocycles. The molecule has 1 aromatic heterocycles. The minimum Gasteiger partial charge on any atom is -0.324 e. The Hall–Kier alpha value is -2.99. The molecule has 2 N–H and O–H groups in total. The predicted octanol–water partition coefficient (Wildman–Crippen LogP) is 4.88. The van der Waals surface area contributed by atoms with Crippen LogP contribution >= 0.6 is 11.6 Å². The molecule has 3 aromatic rings. The summed E-state index contributed by atoms with van der Waals surface area (Å²) >= 11 is 5.96. The fourth-order valence-corrected chi connectivity index (χ4v) is 2.60. The minimum atomic E-state index is -0.517. The molecule has 0 aliphatic carbocycles. The first-order valence-electron chi connectivity index (χ1n) is 7.87. The number of aromatic nitrogens is 2. The molecule has 3 rings (SSSR count). The van der Waals surface area contributed by atoms with Gasteiger partial charge in [-0.1, -0.05) is 23.7 Å². The molecule has 0 bridgehead atoms. The van der Waals surface area contributed by atoms with Crippen molar-refractivity contribution >= 4 is 34.8 Å². The monoisotopic (exact) mass is 370 g/mol. The van der Waals surface area contributed by atoms with E-state index in [1.165, 1.54) is 18.2 Å². The average Bonchev–Trinajstić information content (AvgIpc) is 2.59. The fourth-order valence-electron chi connectivity index (χ4n) is 2.38. The number of para-hydroxylation sites is 1. The summed E-state index contributed by atoms with van der Waals surface area (Å²) in [5.41, 5.74) is 2.53. The predicted molar refractivity (Wildman–Crippen MR) is 101 cm³/mol. The molecule has 0 unspecified atom stereocenters. The number of amides is 1. The lowest BCUT2D eigenvalue weighted by molar-refractivity contribution is 0.102. The zero-order valence-corrected chi connectivity index (χ0v) is 14.9. The molecule has 132 valence electrons. The van der Waals surface area contributed by atoms with E-state index in [1.807, 2.05) is 19.1 Å². The normalized spacial score (nSPS) is 10.5. The van der Waals surface area contributed by atoms with Gasteiger partial charge >= 0.3 is 0 Å². The summed E-state index contributed by atoms with van der Waals surface area (Å²) in [7, 11) is 0.